The van der Waals surface area contributed by atoms with Gasteiger partial charge in [0.2, 0.25) is 0 Å². The first kappa shape index (κ1) is 11.1. The molecule has 0 saturated heterocycles. The quantitative estimate of drug-likeness (QED) is 0.774. The fourth-order valence-corrected chi connectivity index (χ4v) is 3.01. The van der Waals surface area contributed by atoms with Gasteiger partial charge in [0, 0.05) is 24.5 Å². The summed E-state index contributed by atoms with van der Waals surface area (Å²) < 4.78 is 0. The minimum Gasteiger partial charge on any atom is -0.319 e. The number of rotatable bonds is 6. The molecule has 3 heteroatoms. The lowest BCUT2D eigenvalue weighted by atomic mass is 9.68. The van der Waals surface area contributed by atoms with E-state index in [9.17, 15) is 0 Å². The third-order valence-corrected chi connectivity index (χ3v) is 4.22. The molecular formula is C12H20N2S. The Hall–Kier alpha value is -0.380. The van der Waals surface area contributed by atoms with Crippen LogP contribution in [0.2, 0.25) is 0 Å². The third kappa shape index (κ3) is 2.80. The van der Waals surface area contributed by atoms with Gasteiger partial charge in [0.25, 0.3) is 0 Å². The van der Waals surface area contributed by atoms with Crippen molar-refractivity contribution in [3.63, 3.8) is 0 Å². The van der Waals surface area contributed by atoms with Crippen molar-refractivity contribution in [3.05, 3.63) is 22.4 Å². The maximum Gasteiger partial charge on any atom is 0.0299 e. The van der Waals surface area contributed by atoms with Gasteiger partial charge in [-0.1, -0.05) is 12.5 Å². The van der Waals surface area contributed by atoms with Crippen LogP contribution in [0.25, 0.3) is 0 Å². The molecular weight excluding hydrogens is 204 g/mol. The first-order valence-corrected chi connectivity index (χ1v) is 6.60. The van der Waals surface area contributed by atoms with E-state index in [1.54, 1.807) is 0 Å². The molecule has 0 atom stereocenters. The highest BCUT2D eigenvalue weighted by atomic mass is 32.1. The van der Waals surface area contributed by atoms with E-state index in [-0.39, 0.29) is 0 Å². The summed E-state index contributed by atoms with van der Waals surface area (Å²) in [6.45, 7) is 3.35. The molecule has 0 radical (unpaired) electrons. The summed E-state index contributed by atoms with van der Waals surface area (Å²) in [5, 5.41) is 9.05. The van der Waals surface area contributed by atoms with E-state index in [1.807, 2.05) is 11.3 Å². The normalized spacial score (nSPS) is 18.7. The Morgan fingerprint density at radius 3 is 2.80 bits per heavy atom. The van der Waals surface area contributed by atoms with Gasteiger partial charge >= 0.3 is 0 Å². The van der Waals surface area contributed by atoms with Crippen molar-refractivity contribution < 1.29 is 0 Å². The summed E-state index contributed by atoms with van der Waals surface area (Å²) >= 11 is 1.83. The third-order valence-electron chi connectivity index (χ3n) is 3.35. The van der Waals surface area contributed by atoms with Gasteiger partial charge in [-0.15, -0.1) is 11.3 Å². The van der Waals surface area contributed by atoms with Crippen LogP contribution in [0, 0.1) is 5.41 Å². The summed E-state index contributed by atoms with van der Waals surface area (Å²) in [5.74, 6) is 0. The van der Waals surface area contributed by atoms with Crippen LogP contribution in [0.5, 0.6) is 0 Å². The SMILES string of the molecule is CNCC1(CNCc2cccs2)CCC1. The molecule has 2 rings (SSSR count). The van der Waals surface area contributed by atoms with E-state index >= 15 is 0 Å². The van der Waals surface area contributed by atoms with Gasteiger partial charge in [-0.2, -0.15) is 0 Å². The van der Waals surface area contributed by atoms with E-state index in [2.05, 4.69) is 35.2 Å². The van der Waals surface area contributed by atoms with Crippen LogP contribution in [0.4, 0.5) is 0 Å². The maximum absolute atomic E-state index is 3.59. The Balaban J connectivity index is 1.72. The van der Waals surface area contributed by atoms with E-state index in [0.717, 1.165) is 19.6 Å². The molecule has 1 aliphatic carbocycles. The molecule has 0 bridgehead atoms. The average Bonchev–Trinajstić information content (AvgIpc) is 2.67. The Labute approximate surface area is 96.1 Å². The first-order valence-electron chi connectivity index (χ1n) is 5.72. The molecule has 0 aromatic carbocycles. The Morgan fingerprint density at radius 1 is 1.40 bits per heavy atom. The van der Waals surface area contributed by atoms with Crippen LogP contribution in [-0.2, 0) is 6.54 Å². The fraction of sp³-hybridized carbons (Fsp3) is 0.667. The average molecular weight is 224 g/mol. The molecule has 1 heterocycles. The minimum absolute atomic E-state index is 0.548. The smallest absolute Gasteiger partial charge is 0.0299 e. The van der Waals surface area contributed by atoms with E-state index in [0.29, 0.717) is 5.41 Å². The van der Waals surface area contributed by atoms with Gasteiger partial charge in [0.05, 0.1) is 0 Å². The van der Waals surface area contributed by atoms with Crippen molar-refractivity contribution in [2.24, 2.45) is 5.41 Å². The van der Waals surface area contributed by atoms with Crippen molar-refractivity contribution >= 4 is 11.3 Å². The number of hydrogen-bond acceptors (Lipinski definition) is 3. The molecule has 0 unspecified atom stereocenters. The van der Waals surface area contributed by atoms with Crippen molar-refractivity contribution in [2.45, 2.75) is 25.8 Å². The van der Waals surface area contributed by atoms with Crippen LogP contribution >= 0.6 is 11.3 Å². The summed E-state index contributed by atoms with van der Waals surface area (Å²) in [7, 11) is 2.05. The van der Waals surface area contributed by atoms with Crippen LogP contribution < -0.4 is 10.6 Å². The molecule has 1 aromatic rings. The Bertz CT molecular complexity index is 278. The first-order chi connectivity index (χ1) is 7.35. The highest BCUT2D eigenvalue weighted by Crippen LogP contribution is 2.39. The molecule has 0 amide bonds. The number of hydrogen-bond donors (Lipinski definition) is 2. The lowest BCUT2D eigenvalue weighted by Gasteiger charge is -2.42. The van der Waals surface area contributed by atoms with Gasteiger partial charge in [0.1, 0.15) is 0 Å². The molecule has 2 N–H and O–H groups in total. The molecule has 0 aliphatic heterocycles. The molecule has 1 aromatic heterocycles. The predicted molar refractivity (Wildman–Crippen MR) is 66.2 cm³/mol. The lowest BCUT2D eigenvalue weighted by Crippen LogP contribution is -2.46. The zero-order valence-electron chi connectivity index (χ0n) is 9.38. The van der Waals surface area contributed by atoms with Gasteiger partial charge in [-0.05, 0) is 36.8 Å². The molecule has 84 valence electrons. The number of nitrogens with one attached hydrogen (secondary N) is 2. The van der Waals surface area contributed by atoms with Gasteiger partial charge in [0.15, 0.2) is 0 Å². The van der Waals surface area contributed by atoms with Gasteiger partial charge < -0.3 is 10.6 Å². The van der Waals surface area contributed by atoms with Crippen LogP contribution in [-0.4, -0.2) is 20.1 Å². The lowest BCUT2D eigenvalue weighted by molar-refractivity contribution is 0.130. The van der Waals surface area contributed by atoms with E-state index < -0.39 is 0 Å². The summed E-state index contributed by atoms with van der Waals surface area (Å²) in [4.78, 5) is 1.44. The number of thiophene rings is 1. The highest BCUT2D eigenvalue weighted by Gasteiger charge is 2.35. The maximum atomic E-state index is 3.59. The Kier molecular flexibility index (Phi) is 3.78. The van der Waals surface area contributed by atoms with Crippen LogP contribution in [0.3, 0.4) is 0 Å². The van der Waals surface area contributed by atoms with Crippen LogP contribution in [0.1, 0.15) is 24.1 Å². The molecule has 15 heavy (non-hydrogen) atoms. The molecule has 2 nitrogen and oxygen atoms in total. The Morgan fingerprint density at radius 2 is 2.27 bits per heavy atom. The molecule has 1 fully saturated rings. The highest BCUT2D eigenvalue weighted by molar-refractivity contribution is 7.09. The predicted octanol–water partition coefficient (Wildman–Crippen LogP) is 2.23. The summed E-state index contributed by atoms with van der Waals surface area (Å²) in [6, 6.07) is 4.32. The van der Waals surface area contributed by atoms with E-state index in [4.69, 9.17) is 0 Å². The summed E-state index contributed by atoms with van der Waals surface area (Å²) in [5.41, 5.74) is 0.548. The fourth-order valence-electron chi connectivity index (χ4n) is 2.33. The topological polar surface area (TPSA) is 24.1 Å². The molecule has 0 spiro atoms. The van der Waals surface area contributed by atoms with Crippen molar-refractivity contribution in [3.8, 4) is 0 Å². The van der Waals surface area contributed by atoms with Gasteiger partial charge in [-0.25, -0.2) is 0 Å². The minimum atomic E-state index is 0.548. The standard InChI is InChI=1S/C12H20N2S/c1-13-9-12(5-3-6-12)10-14-8-11-4-2-7-15-11/h2,4,7,13-14H,3,5-6,8-10H2,1H3. The van der Waals surface area contributed by atoms with Gasteiger partial charge in [-0.3, -0.25) is 0 Å². The van der Waals surface area contributed by atoms with Crippen molar-refractivity contribution in [1.29, 1.82) is 0 Å². The molecule has 1 aliphatic rings. The second-order valence-corrected chi connectivity index (χ2v) is 5.60. The zero-order chi connectivity index (χ0) is 10.6. The van der Waals surface area contributed by atoms with E-state index in [1.165, 1.54) is 24.1 Å². The van der Waals surface area contributed by atoms with Crippen LogP contribution in [0.15, 0.2) is 17.5 Å². The second-order valence-electron chi connectivity index (χ2n) is 4.57. The monoisotopic (exact) mass is 224 g/mol. The van der Waals surface area contributed by atoms with Crippen molar-refractivity contribution in [1.82, 2.24) is 10.6 Å². The second kappa shape index (κ2) is 5.10. The van der Waals surface area contributed by atoms with Crippen molar-refractivity contribution in [2.75, 3.05) is 20.1 Å². The molecule has 1 saturated carbocycles. The summed E-state index contributed by atoms with van der Waals surface area (Å²) in [6.07, 6.45) is 4.17. The largest absolute Gasteiger partial charge is 0.319 e. The zero-order valence-corrected chi connectivity index (χ0v) is 10.2.